The van der Waals surface area contributed by atoms with Crippen LogP contribution in [0.5, 0.6) is 0 Å². The Labute approximate surface area is 176 Å². The molecule has 150 valence electrons. The Balaban J connectivity index is 1.38. The van der Waals surface area contributed by atoms with Gasteiger partial charge in [-0.25, -0.2) is 0 Å². The number of likely N-dealkylation sites (N-methyl/N-ethyl adjacent to an activating group) is 1. The molecule has 0 aromatic heterocycles. The van der Waals surface area contributed by atoms with Crippen molar-refractivity contribution in [3.8, 4) is 0 Å². The maximum absolute atomic E-state index is 12.6. The number of carbonyl (C=O) groups excluding carboxylic acids is 1. The van der Waals surface area contributed by atoms with E-state index in [2.05, 4.69) is 58.4 Å². The van der Waals surface area contributed by atoms with Gasteiger partial charge >= 0.3 is 0 Å². The molecule has 0 aliphatic carbocycles. The third-order valence-corrected chi connectivity index (χ3v) is 6.42. The van der Waals surface area contributed by atoms with Crippen molar-refractivity contribution in [2.45, 2.75) is 11.8 Å². The van der Waals surface area contributed by atoms with Crippen molar-refractivity contribution < 1.29 is 4.79 Å². The molecule has 1 N–H and O–H groups in total. The monoisotopic (exact) mass is 405 g/mol. The molecule has 29 heavy (non-hydrogen) atoms. The Hall–Kier alpha value is -2.50. The van der Waals surface area contributed by atoms with Gasteiger partial charge in [0.15, 0.2) is 0 Å². The molecule has 0 saturated carbocycles. The lowest BCUT2D eigenvalue weighted by Gasteiger charge is -2.36. The van der Waals surface area contributed by atoms with E-state index in [1.807, 2.05) is 30.3 Å². The number of nitrogens with one attached hydrogen (secondary N) is 1. The first-order chi connectivity index (χ1) is 14.2. The Morgan fingerprint density at radius 3 is 2.45 bits per heavy atom. The van der Waals surface area contributed by atoms with Gasteiger partial charge in [-0.1, -0.05) is 49.4 Å². The van der Waals surface area contributed by atoms with E-state index in [0.29, 0.717) is 5.75 Å². The van der Waals surface area contributed by atoms with Gasteiger partial charge in [0.2, 0.25) is 5.91 Å². The molecular weight excluding hydrogens is 378 g/mol. The quantitative estimate of drug-likeness (QED) is 0.603. The summed E-state index contributed by atoms with van der Waals surface area (Å²) in [5, 5.41) is 5.55. The second-order valence-electron chi connectivity index (χ2n) is 7.28. The molecule has 0 spiro atoms. The fourth-order valence-corrected chi connectivity index (χ4v) is 4.50. The number of para-hydroxylation sites is 2. The number of hydrogen-bond acceptors (Lipinski definition) is 4. The van der Waals surface area contributed by atoms with Crippen LogP contribution in [0.25, 0.3) is 10.8 Å². The van der Waals surface area contributed by atoms with Gasteiger partial charge in [-0.15, -0.1) is 11.8 Å². The number of hydrogen-bond donors (Lipinski definition) is 1. The zero-order valence-corrected chi connectivity index (χ0v) is 17.6. The van der Waals surface area contributed by atoms with Gasteiger partial charge in [-0.05, 0) is 41.6 Å². The highest BCUT2D eigenvalue weighted by Crippen LogP contribution is 2.28. The number of anilines is 2. The summed E-state index contributed by atoms with van der Waals surface area (Å²) in [5.74, 6) is 0.429. The standard InChI is InChI=1S/C24H27N3OS/c1-2-26-13-15-27(16-14-26)23-10-6-5-9-22(23)25-24(28)18-29-21-12-11-19-7-3-4-8-20(19)17-21/h3-12,17H,2,13-16,18H2,1H3,(H,25,28). The van der Waals surface area contributed by atoms with Gasteiger partial charge in [0.1, 0.15) is 0 Å². The van der Waals surface area contributed by atoms with Crippen molar-refractivity contribution in [1.29, 1.82) is 0 Å². The highest BCUT2D eigenvalue weighted by molar-refractivity contribution is 8.00. The Bertz CT molecular complexity index is 983. The fourth-order valence-electron chi connectivity index (χ4n) is 3.75. The number of rotatable bonds is 6. The summed E-state index contributed by atoms with van der Waals surface area (Å²) >= 11 is 1.58. The number of nitrogens with zero attached hydrogens (tertiary/aromatic N) is 2. The Morgan fingerprint density at radius 1 is 0.931 bits per heavy atom. The average Bonchev–Trinajstić information content (AvgIpc) is 2.78. The van der Waals surface area contributed by atoms with Crippen molar-refractivity contribution in [2.24, 2.45) is 0 Å². The molecule has 5 heteroatoms. The molecular formula is C24H27N3OS. The fraction of sp³-hybridized carbons (Fsp3) is 0.292. The number of fused-ring (bicyclic) bond motifs is 1. The van der Waals surface area contributed by atoms with Gasteiger partial charge in [0, 0.05) is 31.1 Å². The maximum Gasteiger partial charge on any atom is 0.234 e. The van der Waals surface area contributed by atoms with Crippen LogP contribution in [-0.4, -0.2) is 49.3 Å². The largest absolute Gasteiger partial charge is 0.367 e. The van der Waals surface area contributed by atoms with Gasteiger partial charge in [0.25, 0.3) is 0 Å². The first-order valence-electron chi connectivity index (χ1n) is 10.2. The van der Waals surface area contributed by atoms with Gasteiger partial charge in [-0.3, -0.25) is 4.79 Å². The van der Waals surface area contributed by atoms with Crippen molar-refractivity contribution in [2.75, 3.05) is 48.7 Å². The van der Waals surface area contributed by atoms with Crippen LogP contribution in [0, 0.1) is 0 Å². The smallest absolute Gasteiger partial charge is 0.234 e. The second kappa shape index (κ2) is 9.33. The lowest BCUT2D eigenvalue weighted by atomic mass is 10.1. The second-order valence-corrected chi connectivity index (χ2v) is 8.33. The Morgan fingerprint density at radius 2 is 1.66 bits per heavy atom. The Kier molecular flexibility index (Phi) is 6.37. The number of thioether (sulfide) groups is 1. The molecule has 1 heterocycles. The van der Waals surface area contributed by atoms with Crippen LogP contribution < -0.4 is 10.2 Å². The van der Waals surface area contributed by atoms with Gasteiger partial charge in [-0.2, -0.15) is 0 Å². The molecule has 4 rings (SSSR count). The summed E-state index contributed by atoms with van der Waals surface area (Å²) < 4.78 is 0. The van der Waals surface area contributed by atoms with E-state index in [0.717, 1.165) is 49.0 Å². The number of benzene rings is 3. The lowest BCUT2D eigenvalue weighted by molar-refractivity contribution is -0.113. The van der Waals surface area contributed by atoms with Crippen molar-refractivity contribution in [1.82, 2.24) is 4.90 Å². The van der Waals surface area contributed by atoms with Crippen LogP contribution in [0.15, 0.2) is 71.6 Å². The van der Waals surface area contributed by atoms with E-state index in [1.165, 1.54) is 10.8 Å². The third-order valence-electron chi connectivity index (χ3n) is 5.43. The summed E-state index contributed by atoms with van der Waals surface area (Å²) in [7, 11) is 0. The molecule has 4 nitrogen and oxygen atoms in total. The summed E-state index contributed by atoms with van der Waals surface area (Å²) in [6.07, 6.45) is 0. The highest BCUT2D eigenvalue weighted by atomic mass is 32.2. The maximum atomic E-state index is 12.6. The van der Waals surface area contributed by atoms with Gasteiger partial charge < -0.3 is 15.1 Å². The summed E-state index contributed by atoms with van der Waals surface area (Å²) in [6.45, 7) is 7.42. The van der Waals surface area contributed by atoms with Crippen molar-refractivity contribution in [3.63, 3.8) is 0 Å². The SMILES string of the molecule is CCN1CCN(c2ccccc2NC(=O)CSc2ccc3ccccc3c2)CC1. The number of piperazine rings is 1. The van der Waals surface area contributed by atoms with E-state index in [1.54, 1.807) is 11.8 Å². The van der Waals surface area contributed by atoms with Gasteiger partial charge in [0.05, 0.1) is 17.1 Å². The summed E-state index contributed by atoms with van der Waals surface area (Å²) in [5.41, 5.74) is 2.02. The minimum absolute atomic E-state index is 0.0304. The van der Waals surface area contributed by atoms with Crippen LogP contribution in [0.1, 0.15) is 6.92 Å². The zero-order valence-electron chi connectivity index (χ0n) is 16.8. The molecule has 1 amide bonds. The molecule has 0 unspecified atom stereocenters. The summed E-state index contributed by atoms with van der Waals surface area (Å²) in [4.78, 5) is 18.6. The van der Waals surface area contributed by atoms with E-state index in [-0.39, 0.29) is 5.91 Å². The molecule has 0 bridgehead atoms. The molecule has 1 aliphatic rings. The van der Waals surface area contributed by atoms with Crippen LogP contribution in [0.4, 0.5) is 11.4 Å². The van der Waals surface area contributed by atoms with Crippen LogP contribution >= 0.6 is 11.8 Å². The minimum atomic E-state index is 0.0304. The molecule has 0 atom stereocenters. The molecule has 3 aromatic rings. The topological polar surface area (TPSA) is 35.6 Å². The minimum Gasteiger partial charge on any atom is -0.367 e. The summed E-state index contributed by atoms with van der Waals surface area (Å²) in [6, 6.07) is 22.8. The van der Waals surface area contributed by atoms with E-state index < -0.39 is 0 Å². The van der Waals surface area contributed by atoms with E-state index in [4.69, 9.17) is 0 Å². The molecule has 1 aliphatic heterocycles. The molecule has 3 aromatic carbocycles. The highest BCUT2D eigenvalue weighted by Gasteiger charge is 2.18. The predicted molar refractivity (Wildman–Crippen MR) is 124 cm³/mol. The first-order valence-corrected chi connectivity index (χ1v) is 11.2. The average molecular weight is 406 g/mol. The normalized spacial score (nSPS) is 14.9. The number of carbonyl (C=O) groups is 1. The van der Waals surface area contributed by atoms with E-state index in [9.17, 15) is 4.79 Å². The molecule has 1 saturated heterocycles. The van der Waals surface area contributed by atoms with E-state index >= 15 is 0 Å². The molecule has 0 radical (unpaired) electrons. The molecule has 1 fully saturated rings. The van der Waals surface area contributed by atoms with Crippen LogP contribution in [-0.2, 0) is 4.79 Å². The zero-order chi connectivity index (χ0) is 20.1. The lowest BCUT2D eigenvalue weighted by Crippen LogP contribution is -2.46. The van der Waals surface area contributed by atoms with Crippen molar-refractivity contribution in [3.05, 3.63) is 66.7 Å². The third kappa shape index (κ3) is 4.92. The van der Waals surface area contributed by atoms with Crippen LogP contribution in [0.2, 0.25) is 0 Å². The van der Waals surface area contributed by atoms with Crippen LogP contribution in [0.3, 0.4) is 0 Å². The predicted octanol–water partition coefficient (Wildman–Crippen LogP) is 4.71. The number of amides is 1. The first kappa shape index (κ1) is 19.8. The van der Waals surface area contributed by atoms with Crippen molar-refractivity contribution >= 4 is 39.8 Å².